The minimum Gasteiger partial charge on any atom is -0.378 e. The van der Waals surface area contributed by atoms with E-state index in [1.165, 1.54) is 5.56 Å². The Kier molecular flexibility index (Phi) is 5.80. The lowest BCUT2D eigenvalue weighted by Crippen LogP contribution is -2.61. The molecule has 8 nitrogen and oxygen atoms in total. The molecule has 0 radical (unpaired) electrons. The molecule has 3 aliphatic rings. The number of nitro benzene ring substituents is 1. The third-order valence-electron chi connectivity index (χ3n) is 6.88. The van der Waals surface area contributed by atoms with E-state index in [2.05, 4.69) is 34.1 Å². The Morgan fingerprint density at radius 3 is 2.59 bits per heavy atom. The molecule has 32 heavy (non-hydrogen) atoms. The lowest BCUT2D eigenvalue weighted by atomic mass is 9.82. The molecule has 5 rings (SSSR count). The monoisotopic (exact) mass is 436 g/mol. The first-order chi connectivity index (χ1) is 15.6. The fraction of sp³-hybridized carbons (Fsp3) is 0.458. The summed E-state index contributed by atoms with van der Waals surface area (Å²) in [5, 5.41) is 11.3. The number of nitro groups is 1. The van der Waals surface area contributed by atoms with Crippen molar-refractivity contribution in [3.8, 4) is 0 Å². The molecular weight excluding hydrogens is 408 g/mol. The van der Waals surface area contributed by atoms with Crippen LogP contribution in [-0.2, 0) is 22.5 Å². The predicted molar refractivity (Wildman–Crippen MR) is 121 cm³/mol. The van der Waals surface area contributed by atoms with Gasteiger partial charge in [-0.15, -0.1) is 0 Å². The highest BCUT2D eigenvalue weighted by molar-refractivity contribution is 5.82. The molecule has 2 saturated heterocycles. The molecule has 0 bridgehead atoms. The first-order valence-electron chi connectivity index (χ1n) is 11.3. The van der Waals surface area contributed by atoms with Gasteiger partial charge in [-0.05, 0) is 23.6 Å². The molecule has 3 heterocycles. The van der Waals surface area contributed by atoms with E-state index in [9.17, 15) is 14.9 Å². The van der Waals surface area contributed by atoms with Gasteiger partial charge in [-0.3, -0.25) is 19.8 Å². The molecule has 0 saturated carbocycles. The smallest absolute Gasteiger partial charge is 0.269 e. The van der Waals surface area contributed by atoms with Crippen LogP contribution in [0, 0.1) is 16.0 Å². The Morgan fingerprint density at radius 1 is 1.06 bits per heavy atom. The zero-order chi connectivity index (χ0) is 22.1. The maximum atomic E-state index is 13.6. The van der Waals surface area contributed by atoms with Crippen molar-refractivity contribution < 1.29 is 14.5 Å². The number of carbonyl (C=O) groups excluding carboxylic acids is 1. The summed E-state index contributed by atoms with van der Waals surface area (Å²) in [5.41, 5.74) is 3.29. The summed E-state index contributed by atoms with van der Waals surface area (Å²) in [6.07, 6.45) is 0.535. The Hall–Kier alpha value is -2.97. The van der Waals surface area contributed by atoms with E-state index in [1.54, 1.807) is 12.1 Å². The highest BCUT2D eigenvalue weighted by Gasteiger charge is 2.43. The molecule has 0 spiro atoms. The summed E-state index contributed by atoms with van der Waals surface area (Å²) < 4.78 is 5.44. The van der Waals surface area contributed by atoms with Crippen LogP contribution < -0.4 is 4.90 Å². The summed E-state index contributed by atoms with van der Waals surface area (Å²) in [5.74, 6) is -0.0804. The van der Waals surface area contributed by atoms with Crippen molar-refractivity contribution in [3.63, 3.8) is 0 Å². The van der Waals surface area contributed by atoms with Crippen LogP contribution in [0.15, 0.2) is 48.5 Å². The van der Waals surface area contributed by atoms with Gasteiger partial charge in [0.25, 0.3) is 5.69 Å². The normalized spacial score (nSPS) is 23.4. The Morgan fingerprint density at radius 2 is 1.84 bits per heavy atom. The van der Waals surface area contributed by atoms with Crippen molar-refractivity contribution >= 4 is 17.3 Å². The molecule has 0 unspecified atom stereocenters. The Bertz CT molecular complexity index is 993. The van der Waals surface area contributed by atoms with Crippen molar-refractivity contribution in [1.82, 2.24) is 9.80 Å². The van der Waals surface area contributed by atoms with E-state index < -0.39 is 0 Å². The number of rotatable bonds is 4. The van der Waals surface area contributed by atoms with Crippen molar-refractivity contribution in [2.75, 3.05) is 50.8 Å². The number of piperazine rings is 1. The first-order valence-corrected chi connectivity index (χ1v) is 11.3. The summed E-state index contributed by atoms with van der Waals surface area (Å²) in [7, 11) is 0. The predicted octanol–water partition coefficient (Wildman–Crippen LogP) is 2.32. The van der Waals surface area contributed by atoms with E-state index >= 15 is 0 Å². The second-order valence-electron chi connectivity index (χ2n) is 8.80. The summed E-state index contributed by atoms with van der Waals surface area (Å²) >= 11 is 0. The minimum atomic E-state index is -0.358. The van der Waals surface area contributed by atoms with E-state index in [-0.39, 0.29) is 28.5 Å². The number of carbonyl (C=O) groups is 1. The van der Waals surface area contributed by atoms with E-state index in [0.717, 1.165) is 37.4 Å². The molecule has 0 aliphatic carbocycles. The van der Waals surface area contributed by atoms with E-state index in [4.69, 9.17) is 4.74 Å². The van der Waals surface area contributed by atoms with Crippen LogP contribution >= 0.6 is 0 Å². The second kappa shape index (κ2) is 8.88. The SMILES string of the molecule is O=C([C@@H]1Cc2cc([N+](=O)[O-])ccc2N2CCN(Cc3ccccc3)C[C@H]12)N1CCOCC1. The van der Waals surface area contributed by atoms with Crippen LogP contribution in [-0.4, -0.2) is 72.6 Å². The average molecular weight is 437 g/mol. The molecule has 1 amide bonds. The van der Waals surface area contributed by atoms with Crippen LogP contribution in [0.5, 0.6) is 0 Å². The fourth-order valence-corrected chi connectivity index (χ4v) is 5.27. The lowest BCUT2D eigenvalue weighted by molar-refractivity contribution is -0.384. The van der Waals surface area contributed by atoms with Crippen molar-refractivity contribution in [1.29, 1.82) is 0 Å². The number of amides is 1. The highest BCUT2D eigenvalue weighted by atomic mass is 16.6. The molecule has 0 N–H and O–H groups in total. The largest absolute Gasteiger partial charge is 0.378 e. The molecule has 168 valence electrons. The van der Waals surface area contributed by atoms with Gasteiger partial charge in [-0.25, -0.2) is 0 Å². The number of hydrogen-bond acceptors (Lipinski definition) is 6. The third kappa shape index (κ3) is 4.08. The molecular formula is C24H28N4O4. The number of fused-ring (bicyclic) bond motifs is 3. The summed E-state index contributed by atoms with van der Waals surface area (Å²) in [6.45, 7) is 5.69. The zero-order valence-electron chi connectivity index (χ0n) is 18.1. The number of non-ortho nitro benzene ring substituents is 1. The number of nitrogens with zero attached hydrogens (tertiary/aromatic N) is 4. The van der Waals surface area contributed by atoms with Crippen LogP contribution in [0.2, 0.25) is 0 Å². The molecule has 2 aromatic carbocycles. The van der Waals surface area contributed by atoms with Gasteiger partial charge < -0.3 is 14.5 Å². The second-order valence-corrected chi connectivity index (χ2v) is 8.80. The third-order valence-corrected chi connectivity index (χ3v) is 6.88. The molecule has 2 aromatic rings. The Balaban J connectivity index is 1.44. The standard InChI is InChI=1S/C24H28N4O4/c29-24(26-10-12-32-13-11-26)21-15-19-14-20(28(30)31)6-7-22(19)27-9-8-25(17-23(21)27)16-18-4-2-1-3-5-18/h1-7,14,21,23H,8-13,15-17H2/t21-,23-/m1/s1. The van der Waals surface area contributed by atoms with Crippen molar-refractivity contribution in [2.24, 2.45) is 5.92 Å². The topological polar surface area (TPSA) is 79.2 Å². The fourth-order valence-electron chi connectivity index (χ4n) is 5.27. The van der Waals surface area contributed by atoms with Gasteiger partial charge in [0.15, 0.2) is 0 Å². The van der Waals surface area contributed by atoms with Gasteiger partial charge in [0, 0.05) is 57.1 Å². The first kappa shape index (κ1) is 20.9. The molecule has 0 aromatic heterocycles. The maximum Gasteiger partial charge on any atom is 0.269 e. The number of benzene rings is 2. The van der Waals surface area contributed by atoms with Crippen molar-refractivity contribution in [3.05, 3.63) is 69.8 Å². The quantitative estimate of drug-likeness (QED) is 0.541. The lowest BCUT2D eigenvalue weighted by Gasteiger charge is -2.50. The average Bonchev–Trinajstić information content (AvgIpc) is 2.83. The van der Waals surface area contributed by atoms with Gasteiger partial charge in [0.2, 0.25) is 5.91 Å². The van der Waals surface area contributed by atoms with Crippen LogP contribution in [0.3, 0.4) is 0 Å². The van der Waals surface area contributed by atoms with E-state index in [0.29, 0.717) is 32.7 Å². The number of hydrogen-bond donors (Lipinski definition) is 0. The van der Waals surface area contributed by atoms with Crippen LogP contribution in [0.25, 0.3) is 0 Å². The van der Waals surface area contributed by atoms with Crippen LogP contribution in [0.4, 0.5) is 11.4 Å². The zero-order valence-corrected chi connectivity index (χ0v) is 18.1. The van der Waals surface area contributed by atoms with Crippen molar-refractivity contribution in [2.45, 2.75) is 19.0 Å². The van der Waals surface area contributed by atoms with Gasteiger partial charge in [0.1, 0.15) is 0 Å². The number of ether oxygens (including phenoxy) is 1. The minimum absolute atomic E-state index is 0.0526. The molecule has 3 aliphatic heterocycles. The Labute approximate surface area is 187 Å². The van der Waals surface area contributed by atoms with Gasteiger partial charge >= 0.3 is 0 Å². The molecule has 2 fully saturated rings. The van der Waals surface area contributed by atoms with Gasteiger partial charge in [-0.1, -0.05) is 30.3 Å². The van der Waals surface area contributed by atoms with Gasteiger partial charge in [-0.2, -0.15) is 0 Å². The summed E-state index contributed by atoms with van der Waals surface area (Å²) in [4.78, 5) is 31.2. The maximum absolute atomic E-state index is 13.6. The van der Waals surface area contributed by atoms with Gasteiger partial charge in [0.05, 0.1) is 30.1 Å². The summed E-state index contributed by atoms with van der Waals surface area (Å²) in [6, 6.07) is 15.6. The number of anilines is 1. The van der Waals surface area contributed by atoms with Crippen LogP contribution in [0.1, 0.15) is 11.1 Å². The molecule has 2 atom stereocenters. The number of morpholine rings is 1. The van der Waals surface area contributed by atoms with E-state index in [1.807, 2.05) is 17.0 Å². The highest BCUT2D eigenvalue weighted by Crippen LogP contribution is 2.38. The molecule has 8 heteroatoms.